The lowest BCUT2D eigenvalue weighted by molar-refractivity contribution is 0.204. The lowest BCUT2D eigenvalue weighted by Crippen LogP contribution is -2.01. The summed E-state index contributed by atoms with van der Waals surface area (Å²) in [6, 6.07) is 12.3. The van der Waals surface area contributed by atoms with E-state index in [1.807, 2.05) is 18.2 Å². The van der Waals surface area contributed by atoms with Crippen molar-refractivity contribution in [3.63, 3.8) is 0 Å². The molecule has 1 unspecified atom stereocenters. The second-order valence-electron chi connectivity index (χ2n) is 4.01. The van der Waals surface area contributed by atoms with Crippen molar-refractivity contribution in [2.45, 2.75) is 6.10 Å². The van der Waals surface area contributed by atoms with Crippen LogP contribution in [0.25, 0.3) is 11.6 Å². The smallest absolute Gasteiger partial charge is 0.278 e. The number of aromatic nitrogens is 4. The van der Waals surface area contributed by atoms with E-state index >= 15 is 0 Å². The predicted octanol–water partition coefficient (Wildman–Crippen LogP) is 2.26. The number of hydrogen-bond donors (Lipinski definition) is 1. The number of halogens is 1. The van der Waals surface area contributed by atoms with Crippen LogP contribution >= 0.6 is 11.6 Å². The summed E-state index contributed by atoms with van der Waals surface area (Å²) >= 11 is 5.65. The largest absolute Gasteiger partial charge is 0.380 e. The van der Waals surface area contributed by atoms with E-state index in [1.165, 1.54) is 0 Å². The fourth-order valence-corrected chi connectivity index (χ4v) is 1.77. The highest BCUT2D eigenvalue weighted by molar-refractivity contribution is 6.29. The summed E-state index contributed by atoms with van der Waals surface area (Å²) in [6.07, 6.45) is -0.950. The summed E-state index contributed by atoms with van der Waals surface area (Å²) < 4.78 is 5.07. The van der Waals surface area contributed by atoms with Crippen molar-refractivity contribution in [3.8, 4) is 11.6 Å². The Morgan fingerprint density at radius 1 is 1.05 bits per heavy atom. The molecule has 0 fully saturated rings. The quantitative estimate of drug-likeness (QED) is 0.796. The van der Waals surface area contributed by atoms with E-state index in [-0.39, 0.29) is 16.9 Å². The minimum atomic E-state index is -0.950. The summed E-state index contributed by atoms with van der Waals surface area (Å²) in [5, 5.41) is 21.7. The molecule has 0 radical (unpaired) electrons. The van der Waals surface area contributed by atoms with Crippen LogP contribution in [0.2, 0.25) is 5.15 Å². The van der Waals surface area contributed by atoms with E-state index in [1.54, 1.807) is 24.3 Å². The number of nitrogens with zero attached hydrogens (tertiary/aromatic N) is 4. The summed E-state index contributed by atoms with van der Waals surface area (Å²) in [7, 11) is 0. The third-order valence-corrected chi connectivity index (χ3v) is 2.85. The van der Waals surface area contributed by atoms with Crippen LogP contribution in [-0.2, 0) is 0 Å². The molecule has 0 aliphatic rings. The van der Waals surface area contributed by atoms with Gasteiger partial charge in [0.2, 0.25) is 5.82 Å². The Hall–Kier alpha value is -2.31. The molecular formula is C13H9ClN4O2. The van der Waals surface area contributed by atoms with Crippen LogP contribution in [0.4, 0.5) is 0 Å². The van der Waals surface area contributed by atoms with Crippen LogP contribution in [0.1, 0.15) is 17.5 Å². The van der Waals surface area contributed by atoms with E-state index in [9.17, 15) is 5.11 Å². The zero-order valence-electron chi connectivity index (χ0n) is 10.1. The summed E-state index contributed by atoms with van der Waals surface area (Å²) in [6.45, 7) is 0. The van der Waals surface area contributed by atoms with Gasteiger partial charge in [0.05, 0.1) is 0 Å². The molecule has 3 aromatic rings. The molecule has 1 N–H and O–H groups in total. The molecule has 20 heavy (non-hydrogen) atoms. The molecule has 1 aromatic carbocycles. The molecule has 0 saturated carbocycles. The van der Waals surface area contributed by atoms with Crippen LogP contribution in [-0.4, -0.2) is 25.4 Å². The van der Waals surface area contributed by atoms with Gasteiger partial charge in [0, 0.05) is 0 Å². The Kier molecular flexibility index (Phi) is 3.41. The lowest BCUT2D eigenvalue weighted by Gasteiger charge is -2.04. The van der Waals surface area contributed by atoms with E-state index in [0.29, 0.717) is 11.3 Å². The molecule has 100 valence electrons. The van der Waals surface area contributed by atoms with Crippen molar-refractivity contribution < 1.29 is 9.63 Å². The van der Waals surface area contributed by atoms with Crippen molar-refractivity contribution in [1.82, 2.24) is 20.3 Å². The average molecular weight is 289 g/mol. The fraction of sp³-hybridized carbons (Fsp3) is 0.0769. The molecule has 3 rings (SSSR count). The number of hydrogen-bond acceptors (Lipinski definition) is 6. The van der Waals surface area contributed by atoms with E-state index < -0.39 is 6.10 Å². The Labute approximate surface area is 119 Å². The van der Waals surface area contributed by atoms with Crippen LogP contribution in [0, 0.1) is 0 Å². The first-order chi connectivity index (χ1) is 9.74. The highest BCUT2D eigenvalue weighted by Gasteiger charge is 2.18. The molecular weight excluding hydrogens is 280 g/mol. The van der Waals surface area contributed by atoms with Crippen molar-refractivity contribution >= 4 is 11.6 Å². The molecule has 0 aliphatic carbocycles. The van der Waals surface area contributed by atoms with Gasteiger partial charge in [-0.15, -0.1) is 10.2 Å². The van der Waals surface area contributed by atoms with Gasteiger partial charge in [-0.3, -0.25) is 0 Å². The normalized spacial score (nSPS) is 12.3. The molecule has 0 aliphatic heterocycles. The monoisotopic (exact) mass is 288 g/mol. The van der Waals surface area contributed by atoms with Gasteiger partial charge in [0.25, 0.3) is 5.89 Å². The second kappa shape index (κ2) is 5.36. The zero-order valence-corrected chi connectivity index (χ0v) is 10.9. The topological polar surface area (TPSA) is 84.9 Å². The van der Waals surface area contributed by atoms with Gasteiger partial charge in [0.15, 0.2) is 10.8 Å². The molecule has 2 heterocycles. The molecule has 0 saturated heterocycles. The zero-order chi connectivity index (χ0) is 13.9. The van der Waals surface area contributed by atoms with Gasteiger partial charge < -0.3 is 9.63 Å². The van der Waals surface area contributed by atoms with Gasteiger partial charge in [-0.25, -0.2) is 0 Å². The minimum absolute atomic E-state index is 0.169. The molecule has 0 bridgehead atoms. The van der Waals surface area contributed by atoms with Crippen molar-refractivity contribution in [2.24, 2.45) is 0 Å². The van der Waals surface area contributed by atoms with E-state index in [4.69, 9.17) is 16.1 Å². The van der Waals surface area contributed by atoms with Crippen LogP contribution < -0.4 is 0 Å². The standard InChI is InChI=1S/C13H9ClN4O2/c14-10-7-6-9(16-17-10)13-15-12(18-20-13)11(19)8-4-2-1-3-5-8/h1-7,11,19H. The van der Waals surface area contributed by atoms with Crippen LogP contribution in [0.15, 0.2) is 47.0 Å². The van der Waals surface area contributed by atoms with Gasteiger partial charge in [-0.05, 0) is 17.7 Å². The lowest BCUT2D eigenvalue weighted by atomic mass is 10.1. The highest BCUT2D eigenvalue weighted by Crippen LogP contribution is 2.22. The first kappa shape index (κ1) is 12.7. The maximum absolute atomic E-state index is 10.2. The van der Waals surface area contributed by atoms with Gasteiger partial charge in [-0.2, -0.15) is 4.98 Å². The number of benzene rings is 1. The molecule has 6 nitrogen and oxygen atoms in total. The molecule has 0 spiro atoms. The van der Waals surface area contributed by atoms with Gasteiger partial charge >= 0.3 is 0 Å². The van der Waals surface area contributed by atoms with E-state index in [0.717, 1.165) is 0 Å². The molecule has 1 atom stereocenters. The first-order valence-electron chi connectivity index (χ1n) is 5.80. The predicted molar refractivity (Wildman–Crippen MR) is 70.8 cm³/mol. The molecule has 0 amide bonds. The molecule has 2 aromatic heterocycles. The van der Waals surface area contributed by atoms with Crippen molar-refractivity contribution in [2.75, 3.05) is 0 Å². The summed E-state index contributed by atoms with van der Waals surface area (Å²) in [5.41, 5.74) is 1.08. The maximum Gasteiger partial charge on any atom is 0.278 e. The third-order valence-electron chi connectivity index (χ3n) is 2.65. The fourth-order valence-electron chi connectivity index (χ4n) is 1.66. The van der Waals surface area contributed by atoms with Gasteiger partial charge in [0.1, 0.15) is 6.10 Å². The van der Waals surface area contributed by atoms with E-state index in [2.05, 4.69) is 20.3 Å². The number of rotatable bonds is 3. The van der Waals surface area contributed by atoms with Crippen LogP contribution in [0.5, 0.6) is 0 Å². The highest BCUT2D eigenvalue weighted by atomic mass is 35.5. The van der Waals surface area contributed by atoms with Crippen molar-refractivity contribution in [3.05, 3.63) is 59.0 Å². The van der Waals surface area contributed by atoms with Crippen molar-refractivity contribution in [1.29, 1.82) is 0 Å². The summed E-state index contributed by atoms with van der Waals surface area (Å²) in [5.74, 6) is 0.349. The number of aliphatic hydroxyl groups is 1. The summed E-state index contributed by atoms with van der Waals surface area (Å²) in [4.78, 5) is 4.11. The Morgan fingerprint density at radius 3 is 2.55 bits per heavy atom. The van der Waals surface area contributed by atoms with Crippen LogP contribution in [0.3, 0.4) is 0 Å². The minimum Gasteiger partial charge on any atom is -0.380 e. The average Bonchev–Trinajstić information content (AvgIpc) is 2.98. The maximum atomic E-state index is 10.2. The third kappa shape index (κ3) is 2.52. The number of aliphatic hydroxyl groups excluding tert-OH is 1. The van der Waals surface area contributed by atoms with Gasteiger partial charge in [-0.1, -0.05) is 47.1 Å². The Balaban J connectivity index is 1.89. The molecule has 7 heteroatoms. The SMILES string of the molecule is OC(c1ccccc1)c1noc(-c2ccc(Cl)nn2)n1. The first-order valence-corrected chi connectivity index (χ1v) is 6.18. The second-order valence-corrected chi connectivity index (χ2v) is 4.40. The Bertz CT molecular complexity index is 700. The Morgan fingerprint density at radius 2 is 1.85 bits per heavy atom.